The van der Waals surface area contributed by atoms with Crippen molar-refractivity contribution in [3.8, 4) is 0 Å². The molecule has 0 amide bonds. The van der Waals surface area contributed by atoms with Gasteiger partial charge in [0.2, 0.25) is 0 Å². The average molecular weight is 214 g/mol. The minimum absolute atomic E-state index is 0.148. The van der Waals surface area contributed by atoms with E-state index in [2.05, 4.69) is 27.7 Å². The van der Waals surface area contributed by atoms with E-state index < -0.39 is 5.60 Å². The van der Waals surface area contributed by atoms with Gasteiger partial charge in [-0.1, -0.05) is 26.7 Å². The standard InChI is InChI=1S/C13H26O2/c1-11(2)6-5-7-13(14)8-9-15-12(3,4)10-13/h11,14H,5-10H2,1-4H3. The Kier molecular flexibility index (Phi) is 4.19. The van der Waals surface area contributed by atoms with Gasteiger partial charge in [-0.2, -0.15) is 0 Å². The average Bonchev–Trinajstić information content (AvgIpc) is 1.99. The predicted octanol–water partition coefficient (Wildman–Crippen LogP) is 3.13. The molecule has 1 atom stereocenters. The van der Waals surface area contributed by atoms with E-state index in [9.17, 15) is 5.11 Å². The number of hydrogen-bond acceptors (Lipinski definition) is 2. The van der Waals surface area contributed by atoms with Gasteiger partial charge >= 0.3 is 0 Å². The zero-order chi connectivity index (χ0) is 11.5. The molecule has 0 aromatic heterocycles. The largest absolute Gasteiger partial charge is 0.390 e. The maximum atomic E-state index is 10.4. The summed E-state index contributed by atoms with van der Waals surface area (Å²) in [6, 6.07) is 0. The normalized spacial score (nSPS) is 30.8. The van der Waals surface area contributed by atoms with Crippen molar-refractivity contribution in [3.63, 3.8) is 0 Å². The lowest BCUT2D eigenvalue weighted by Crippen LogP contribution is -2.45. The zero-order valence-corrected chi connectivity index (χ0v) is 10.7. The van der Waals surface area contributed by atoms with E-state index in [1.165, 1.54) is 6.42 Å². The number of aliphatic hydroxyl groups is 1. The molecule has 0 radical (unpaired) electrons. The van der Waals surface area contributed by atoms with E-state index in [4.69, 9.17) is 4.74 Å². The molecule has 15 heavy (non-hydrogen) atoms. The first-order chi connectivity index (χ1) is 6.83. The molecule has 1 fully saturated rings. The molecule has 1 aliphatic heterocycles. The number of ether oxygens (including phenoxy) is 1. The van der Waals surface area contributed by atoms with E-state index in [-0.39, 0.29) is 5.60 Å². The van der Waals surface area contributed by atoms with Crippen LogP contribution >= 0.6 is 0 Å². The number of hydrogen-bond donors (Lipinski definition) is 1. The fraction of sp³-hybridized carbons (Fsp3) is 1.00. The van der Waals surface area contributed by atoms with Gasteiger partial charge in [-0.25, -0.2) is 0 Å². The van der Waals surface area contributed by atoms with E-state index in [1.54, 1.807) is 0 Å². The van der Waals surface area contributed by atoms with Gasteiger partial charge in [0.25, 0.3) is 0 Å². The Bertz CT molecular complexity index is 199. The van der Waals surface area contributed by atoms with Crippen LogP contribution < -0.4 is 0 Å². The molecule has 0 spiro atoms. The Labute approximate surface area is 94.0 Å². The molecule has 1 N–H and O–H groups in total. The van der Waals surface area contributed by atoms with Crippen molar-refractivity contribution < 1.29 is 9.84 Å². The highest BCUT2D eigenvalue weighted by molar-refractivity contribution is 4.90. The highest BCUT2D eigenvalue weighted by atomic mass is 16.5. The molecular formula is C13H26O2. The Morgan fingerprint density at radius 2 is 2.00 bits per heavy atom. The fourth-order valence-electron chi connectivity index (χ4n) is 2.50. The van der Waals surface area contributed by atoms with Crippen molar-refractivity contribution in [2.24, 2.45) is 5.92 Å². The van der Waals surface area contributed by atoms with Gasteiger partial charge in [-0.3, -0.25) is 0 Å². The summed E-state index contributed by atoms with van der Waals surface area (Å²) in [6.45, 7) is 9.31. The Balaban J connectivity index is 2.37. The van der Waals surface area contributed by atoms with Crippen molar-refractivity contribution in [2.75, 3.05) is 6.61 Å². The van der Waals surface area contributed by atoms with Crippen molar-refractivity contribution >= 4 is 0 Å². The monoisotopic (exact) mass is 214 g/mol. The van der Waals surface area contributed by atoms with Crippen molar-refractivity contribution in [1.82, 2.24) is 0 Å². The third-order valence-electron chi connectivity index (χ3n) is 3.24. The molecule has 1 heterocycles. The molecule has 0 aromatic carbocycles. The topological polar surface area (TPSA) is 29.5 Å². The zero-order valence-electron chi connectivity index (χ0n) is 10.7. The lowest BCUT2D eigenvalue weighted by atomic mass is 9.80. The molecule has 0 saturated carbocycles. The van der Waals surface area contributed by atoms with Crippen LogP contribution in [-0.2, 0) is 4.74 Å². The summed E-state index contributed by atoms with van der Waals surface area (Å²) in [5.74, 6) is 0.737. The summed E-state index contributed by atoms with van der Waals surface area (Å²) in [5.41, 5.74) is -0.624. The van der Waals surface area contributed by atoms with Crippen LogP contribution in [0.5, 0.6) is 0 Å². The van der Waals surface area contributed by atoms with Crippen LogP contribution in [0.2, 0.25) is 0 Å². The minimum Gasteiger partial charge on any atom is -0.390 e. The summed E-state index contributed by atoms with van der Waals surface area (Å²) in [6.07, 6.45) is 4.85. The molecule has 0 aliphatic carbocycles. The van der Waals surface area contributed by atoms with E-state index in [0.29, 0.717) is 6.61 Å². The molecule has 0 bridgehead atoms. The van der Waals surface area contributed by atoms with E-state index in [1.807, 2.05) is 0 Å². The van der Waals surface area contributed by atoms with Gasteiger partial charge in [0.1, 0.15) is 0 Å². The third kappa shape index (κ3) is 4.52. The summed E-state index contributed by atoms with van der Waals surface area (Å²) in [4.78, 5) is 0. The molecular weight excluding hydrogens is 188 g/mol. The van der Waals surface area contributed by atoms with Crippen LogP contribution in [0.4, 0.5) is 0 Å². The predicted molar refractivity (Wildman–Crippen MR) is 62.9 cm³/mol. The lowest BCUT2D eigenvalue weighted by Gasteiger charge is -2.41. The second kappa shape index (κ2) is 4.84. The molecule has 1 aliphatic rings. The van der Waals surface area contributed by atoms with Gasteiger partial charge in [0.05, 0.1) is 17.8 Å². The SMILES string of the molecule is CC(C)CCCC1(O)CCOC(C)(C)C1. The molecule has 1 rings (SSSR count). The van der Waals surface area contributed by atoms with Crippen LogP contribution in [0, 0.1) is 5.92 Å². The minimum atomic E-state index is -0.476. The van der Waals surface area contributed by atoms with Crippen LogP contribution in [0.3, 0.4) is 0 Å². The Morgan fingerprint density at radius 3 is 2.53 bits per heavy atom. The van der Waals surface area contributed by atoms with Gasteiger partial charge < -0.3 is 9.84 Å². The fourth-order valence-corrected chi connectivity index (χ4v) is 2.50. The van der Waals surface area contributed by atoms with Crippen molar-refractivity contribution in [2.45, 2.75) is 71.0 Å². The second-order valence-corrected chi connectivity index (χ2v) is 6.05. The Morgan fingerprint density at radius 1 is 1.33 bits per heavy atom. The smallest absolute Gasteiger partial charge is 0.0697 e. The molecule has 1 unspecified atom stereocenters. The summed E-state index contributed by atoms with van der Waals surface area (Å²) in [7, 11) is 0. The summed E-state index contributed by atoms with van der Waals surface area (Å²) in [5, 5.41) is 10.4. The van der Waals surface area contributed by atoms with E-state index in [0.717, 1.165) is 31.6 Å². The molecule has 0 aromatic rings. The van der Waals surface area contributed by atoms with Crippen LogP contribution in [0.25, 0.3) is 0 Å². The lowest BCUT2D eigenvalue weighted by molar-refractivity contribution is -0.147. The highest BCUT2D eigenvalue weighted by Crippen LogP contribution is 2.35. The van der Waals surface area contributed by atoms with Gasteiger partial charge in [-0.05, 0) is 32.6 Å². The molecule has 2 nitrogen and oxygen atoms in total. The maximum absolute atomic E-state index is 10.4. The summed E-state index contributed by atoms with van der Waals surface area (Å²) < 4.78 is 5.63. The summed E-state index contributed by atoms with van der Waals surface area (Å²) >= 11 is 0. The van der Waals surface area contributed by atoms with Crippen molar-refractivity contribution in [3.05, 3.63) is 0 Å². The first-order valence-corrected chi connectivity index (χ1v) is 6.19. The van der Waals surface area contributed by atoms with E-state index >= 15 is 0 Å². The third-order valence-corrected chi connectivity index (χ3v) is 3.24. The first-order valence-electron chi connectivity index (χ1n) is 6.19. The Hall–Kier alpha value is -0.0800. The quantitative estimate of drug-likeness (QED) is 0.779. The van der Waals surface area contributed by atoms with Crippen molar-refractivity contribution in [1.29, 1.82) is 0 Å². The first kappa shape index (κ1) is 13.0. The second-order valence-electron chi connectivity index (χ2n) is 6.05. The molecule has 2 heteroatoms. The molecule has 90 valence electrons. The van der Waals surface area contributed by atoms with Crippen LogP contribution in [0.15, 0.2) is 0 Å². The number of rotatable bonds is 4. The van der Waals surface area contributed by atoms with Gasteiger partial charge in [0, 0.05) is 6.42 Å². The van der Waals surface area contributed by atoms with Gasteiger partial charge in [0.15, 0.2) is 0 Å². The molecule has 1 saturated heterocycles. The van der Waals surface area contributed by atoms with Gasteiger partial charge in [-0.15, -0.1) is 0 Å². The van der Waals surface area contributed by atoms with Crippen LogP contribution in [0.1, 0.15) is 59.8 Å². The maximum Gasteiger partial charge on any atom is 0.0697 e. The highest BCUT2D eigenvalue weighted by Gasteiger charge is 2.38. The van der Waals surface area contributed by atoms with Crippen LogP contribution in [-0.4, -0.2) is 22.9 Å².